The summed E-state index contributed by atoms with van der Waals surface area (Å²) in [5.74, 6) is -2.44. The van der Waals surface area contributed by atoms with Crippen molar-refractivity contribution in [3.05, 3.63) is 46.8 Å². The lowest BCUT2D eigenvalue weighted by Crippen LogP contribution is -2.34. The average Bonchev–Trinajstić information content (AvgIpc) is 3.24. The van der Waals surface area contributed by atoms with Gasteiger partial charge in [0.05, 0.1) is 5.69 Å². The predicted molar refractivity (Wildman–Crippen MR) is 81.2 cm³/mol. The van der Waals surface area contributed by atoms with Crippen LogP contribution in [0.2, 0.25) is 0 Å². The summed E-state index contributed by atoms with van der Waals surface area (Å²) in [6.45, 7) is -1.47. The van der Waals surface area contributed by atoms with Crippen LogP contribution in [0.25, 0.3) is 5.69 Å². The van der Waals surface area contributed by atoms with E-state index < -0.39 is 30.3 Å². The maximum absolute atomic E-state index is 14.2. The van der Waals surface area contributed by atoms with Crippen LogP contribution in [0.4, 0.5) is 22.0 Å². The lowest BCUT2D eigenvalue weighted by Gasteiger charge is -2.14. The summed E-state index contributed by atoms with van der Waals surface area (Å²) in [6.07, 6.45) is -2.12. The number of alkyl halides is 3. The molecule has 26 heavy (non-hydrogen) atoms. The second-order valence-corrected chi connectivity index (χ2v) is 6.66. The third-order valence-corrected chi connectivity index (χ3v) is 4.99. The average molecular weight is 371 g/mol. The van der Waals surface area contributed by atoms with Gasteiger partial charge in [0.1, 0.15) is 18.0 Å². The summed E-state index contributed by atoms with van der Waals surface area (Å²) in [5, 5.41) is 5.93. The van der Waals surface area contributed by atoms with Crippen molar-refractivity contribution in [3.63, 3.8) is 0 Å². The SMILES string of the molecule is O=C(NCC(F)(F)F)c1nn(-c2ccc(F)cc2F)c2c1C1CCC2C1. The van der Waals surface area contributed by atoms with Gasteiger partial charge in [-0.05, 0) is 37.3 Å². The monoisotopic (exact) mass is 371 g/mol. The predicted octanol–water partition coefficient (Wildman–Crippen LogP) is 3.81. The first-order valence-corrected chi connectivity index (χ1v) is 8.18. The molecule has 2 aliphatic rings. The Morgan fingerprint density at radius 1 is 1.23 bits per heavy atom. The number of hydrogen-bond donors (Lipinski definition) is 1. The van der Waals surface area contributed by atoms with Crippen LogP contribution in [0.1, 0.15) is 52.8 Å². The molecule has 2 bridgehead atoms. The van der Waals surface area contributed by atoms with E-state index in [9.17, 15) is 26.7 Å². The molecule has 1 heterocycles. The van der Waals surface area contributed by atoms with Gasteiger partial charge in [-0.2, -0.15) is 18.3 Å². The number of nitrogens with one attached hydrogen (secondary N) is 1. The number of amides is 1. The van der Waals surface area contributed by atoms with Gasteiger partial charge in [0.2, 0.25) is 0 Å². The molecule has 2 aromatic rings. The molecule has 1 fully saturated rings. The molecular weight excluding hydrogens is 357 g/mol. The van der Waals surface area contributed by atoms with Crippen molar-refractivity contribution < 1.29 is 26.7 Å². The first-order chi connectivity index (χ1) is 12.2. The number of aromatic nitrogens is 2. The highest BCUT2D eigenvalue weighted by Crippen LogP contribution is 2.54. The largest absolute Gasteiger partial charge is 0.405 e. The molecule has 138 valence electrons. The van der Waals surface area contributed by atoms with E-state index in [-0.39, 0.29) is 23.2 Å². The fourth-order valence-electron chi connectivity index (χ4n) is 4.00. The van der Waals surface area contributed by atoms with Crippen LogP contribution in [0.15, 0.2) is 18.2 Å². The van der Waals surface area contributed by atoms with Crippen LogP contribution in [-0.4, -0.2) is 28.4 Å². The van der Waals surface area contributed by atoms with E-state index in [0.29, 0.717) is 17.3 Å². The van der Waals surface area contributed by atoms with E-state index >= 15 is 0 Å². The molecule has 0 aliphatic heterocycles. The lowest BCUT2D eigenvalue weighted by atomic mass is 9.95. The summed E-state index contributed by atoms with van der Waals surface area (Å²) in [4.78, 5) is 12.3. The van der Waals surface area contributed by atoms with E-state index in [2.05, 4.69) is 5.10 Å². The van der Waals surface area contributed by atoms with Crippen molar-refractivity contribution in [2.45, 2.75) is 37.3 Å². The highest BCUT2D eigenvalue weighted by Gasteiger charge is 2.44. The Morgan fingerprint density at radius 3 is 2.65 bits per heavy atom. The zero-order valence-corrected chi connectivity index (χ0v) is 13.4. The molecule has 0 radical (unpaired) electrons. The van der Waals surface area contributed by atoms with Crippen LogP contribution >= 0.6 is 0 Å². The number of benzene rings is 1. The van der Waals surface area contributed by atoms with E-state index in [1.807, 2.05) is 5.32 Å². The highest BCUT2D eigenvalue weighted by molar-refractivity contribution is 5.94. The zero-order valence-electron chi connectivity index (χ0n) is 13.4. The molecule has 1 amide bonds. The van der Waals surface area contributed by atoms with Crippen LogP contribution in [0, 0.1) is 11.6 Å². The summed E-state index contributed by atoms with van der Waals surface area (Å²) in [5.41, 5.74) is 1.10. The van der Waals surface area contributed by atoms with E-state index in [1.165, 1.54) is 10.7 Å². The van der Waals surface area contributed by atoms with E-state index in [1.54, 1.807) is 0 Å². The molecule has 1 aromatic heterocycles. The van der Waals surface area contributed by atoms with Crippen LogP contribution in [0.5, 0.6) is 0 Å². The Bertz CT molecular complexity index is 889. The van der Waals surface area contributed by atoms with Gasteiger partial charge in [-0.3, -0.25) is 4.79 Å². The minimum Gasteiger partial charge on any atom is -0.342 e. The van der Waals surface area contributed by atoms with Crippen LogP contribution in [0.3, 0.4) is 0 Å². The van der Waals surface area contributed by atoms with Crippen molar-refractivity contribution in [2.75, 3.05) is 6.54 Å². The summed E-state index contributed by atoms with van der Waals surface area (Å²) >= 11 is 0. The third-order valence-electron chi connectivity index (χ3n) is 4.99. The zero-order chi connectivity index (χ0) is 18.6. The molecule has 2 unspecified atom stereocenters. The van der Waals surface area contributed by atoms with E-state index in [0.717, 1.165) is 25.3 Å². The molecule has 2 aliphatic carbocycles. The van der Waals surface area contributed by atoms with Gasteiger partial charge in [-0.15, -0.1) is 0 Å². The molecule has 1 N–H and O–H groups in total. The minimum absolute atomic E-state index is 0.0231. The van der Waals surface area contributed by atoms with Gasteiger partial charge in [0.15, 0.2) is 11.5 Å². The molecular formula is C17H14F5N3O. The molecule has 1 saturated carbocycles. The van der Waals surface area contributed by atoms with Gasteiger partial charge in [-0.25, -0.2) is 13.5 Å². The van der Waals surface area contributed by atoms with Crippen molar-refractivity contribution in [1.29, 1.82) is 0 Å². The molecule has 2 atom stereocenters. The van der Waals surface area contributed by atoms with Crippen molar-refractivity contribution in [3.8, 4) is 5.69 Å². The Morgan fingerprint density at radius 2 is 1.96 bits per heavy atom. The maximum Gasteiger partial charge on any atom is 0.405 e. The normalized spacial score (nSPS) is 21.1. The number of fused-ring (bicyclic) bond motifs is 5. The first kappa shape index (κ1) is 17.0. The van der Waals surface area contributed by atoms with Crippen molar-refractivity contribution in [2.24, 2.45) is 0 Å². The van der Waals surface area contributed by atoms with Crippen molar-refractivity contribution in [1.82, 2.24) is 15.1 Å². The van der Waals surface area contributed by atoms with Crippen molar-refractivity contribution >= 4 is 5.91 Å². The maximum atomic E-state index is 14.2. The second kappa shape index (κ2) is 5.78. The fraction of sp³-hybridized carbons (Fsp3) is 0.412. The standard InChI is InChI=1S/C17H14F5N3O/c18-10-3-4-12(11(19)6-10)25-15-9-2-1-8(5-9)13(15)14(24-25)16(26)23-7-17(20,21)22/h3-4,6,8-9H,1-2,5,7H2,(H,23,26). The molecule has 0 spiro atoms. The quantitative estimate of drug-likeness (QED) is 0.835. The lowest BCUT2D eigenvalue weighted by molar-refractivity contribution is -0.123. The summed E-state index contributed by atoms with van der Waals surface area (Å²) < 4.78 is 65.8. The number of hydrogen-bond acceptors (Lipinski definition) is 2. The fourth-order valence-corrected chi connectivity index (χ4v) is 4.00. The number of halogens is 5. The van der Waals surface area contributed by atoms with Gasteiger partial charge in [0.25, 0.3) is 5.91 Å². The summed E-state index contributed by atoms with van der Waals surface area (Å²) in [7, 11) is 0. The Labute approximate surface area is 145 Å². The first-order valence-electron chi connectivity index (χ1n) is 8.18. The number of carbonyl (C=O) groups excluding carboxylic acids is 1. The molecule has 9 heteroatoms. The van der Waals surface area contributed by atoms with Gasteiger partial charge in [-0.1, -0.05) is 0 Å². The number of rotatable bonds is 3. The number of nitrogens with zero attached hydrogens (tertiary/aromatic N) is 2. The number of carbonyl (C=O) groups is 1. The third kappa shape index (κ3) is 2.75. The molecule has 1 aromatic carbocycles. The topological polar surface area (TPSA) is 46.9 Å². The minimum atomic E-state index is -4.54. The summed E-state index contributed by atoms with van der Waals surface area (Å²) in [6, 6.07) is 2.99. The van der Waals surface area contributed by atoms with E-state index in [4.69, 9.17) is 0 Å². The molecule has 4 rings (SSSR count). The smallest absolute Gasteiger partial charge is 0.342 e. The van der Waals surface area contributed by atoms with Gasteiger partial charge >= 0.3 is 6.18 Å². The van der Waals surface area contributed by atoms with Crippen LogP contribution in [-0.2, 0) is 0 Å². The second-order valence-electron chi connectivity index (χ2n) is 6.66. The van der Waals surface area contributed by atoms with Gasteiger partial charge < -0.3 is 5.32 Å². The Hall–Kier alpha value is -2.45. The highest BCUT2D eigenvalue weighted by atomic mass is 19.4. The molecule has 4 nitrogen and oxygen atoms in total. The Kier molecular flexibility index (Phi) is 3.78. The molecule has 0 saturated heterocycles. The Balaban J connectivity index is 1.78. The van der Waals surface area contributed by atoms with Gasteiger partial charge in [0, 0.05) is 17.5 Å². The van der Waals surface area contributed by atoms with Crippen LogP contribution < -0.4 is 5.32 Å².